The first-order valence-corrected chi connectivity index (χ1v) is 5.93. The lowest BCUT2D eigenvalue weighted by molar-refractivity contribution is 0.637. The molecule has 0 radical (unpaired) electrons. The number of nitrogens with one attached hydrogen (secondary N) is 1. The Balaban J connectivity index is 2.00. The molecule has 0 aliphatic carbocycles. The van der Waals surface area contributed by atoms with Gasteiger partial charge in [0.15, 0.2) is 0 Å². The van der Waals surface area contributed by atoms with Crippen LogP contribution in [0.25, 0.3) is 0 Å². The number of hydrogen-bond acceptors (Lipinski definition) is 3. The third kappa shape index (κ3) is 2.69. The van der Waals surface area contributed by atoms with E-state index >= 15 is 0 Å². The van der Waals surface area contributed by atoms with Crippen LogP contribution < -0.4 is 5.32 Å². The van der Waals surface area contributed by atoms with Crippen LogP contribution in [0.5, 0.6) is 0 Å². The van der Waals surface area contributed by atoms with Crippen LogP contribution in [0.15, 0.2) is 30.6 Å². The second-order valence-corrected chi connectivity index (χ2v) is 4.32. The molecular weight excluding hydrogens is 224 g/mol. The van der Waals surface area contributed by atoms with Crippen molar-refractivity contribution < 1.29 is 0 Å². The Morgan fingerprint density at radius 2 is 2.22 bits per heavy atom. The molecule has 0 amide bonds. The monoisotopic (exact) mass is 240 g/mol. The highest BCUT2D eigenvalue weighted by molar-refractivity contribution is 5.62. The maximum absolute atomic E-state index is 9.06. The van der Waals surface area contributed by atoms with E-state index in [4.69, 9.17) is 5.26 Å². The summed E-state index contributed by atoms with van der Waals surface area (Å²) >= 11 is 0. The number of anilines is 1. The van der Waals surface area contributed by atoms with Gasteiger partial charge in [0.05, 0.1) is 24.0 Å². The molecule has 2 rings (SSSR count). The standard InChI is InChI=1S/C14H16N4/c1-11-9-17-18(10-11)7-6-16-14-12(2)4-3-5-13(14)8-15/h3-5,9-10,16H,6-7H2,1-2H3. The van der Waals surface area contributed by atoms with Crippen molar-refractivity contribution in [2.75, 3.05) is 11.9 Å². The van der Waals surface area contributed by atoms with Gasteiger partial charge in [0, 0.05) is 12.7 Å². The predicted molar refractivity (Wildman–Crippen MR) is 71.3 cm³/mol. The van der Waals surface area contributed by atoms with Crippen molar-refractivity contribution in [1.82, 2.24) is 9.78 Å². The smallest absolute Gasteiger partial charge is 0.101 e. The van der Waals surface area contributed by atoms with Crippen molar-refractivity contribution in [3.8, 4) is 6.07 Å². The Labute approximate surface area is 107 Å². The normalized spacial score (nSPS) is 10.1. The highest BCUT2D eigenvalue weighted by Gasteiger charge is 2.04. The van der Waals surface area contributed by atoms with Crippen LogP contribution in [-0.2, 0) is 6.54 Å². The molecule has 0 saturated carbocycles. The van der Waals surface area contributed by atoms with Gasteiger partial charge in [0.1, 0.15) is 6.07 Å². The first-order chi connectivity index (χ1) is 8.70. The van der Waals surface area contributed by atoms with Crippen molar-refractivity contribution in [2.45, 2.75) is 20.4 Å². The third-order valence-corrected chi connectivity index (χ3v) is 2.80. The summed E-state index contributed by atoms with van der Waals surface area (Å²) in [6.07, 6.45) is 3.85. The SMILES string of the molecule is Cc1cnn(CCNc2c(C)cccc2C#N)c1. The predicted octanol–water partition coefficient (Wildman–Crippen LogP) is 2.48. The van der Waals surface area contributed by atoms with Gasteiger partial charge in [0.2, 0.25) is 0 Å². The van der Waals surface area contributed by atoms with Crippen molar-refractivity contribution in [2.24, 2.45) is 0 Å². The van der Waals surface area contributed by atoms with Crippen LogP contribution in [-0.4, -0.2) is 16.3 Å². The molecule has 4 heteroatoms. The minimum atomic E-state index is 0.687. The number of aromatic nitrogens is 2. The summed E-state index contributed by atoms with van der Waals surface area (Å²) in [7, 11) is 0. The first kappa shape index (κ1) is 12.2. The van der Waals surface area contributed by atoms with Gasteiger partial charge >= 0.3 is 0 Å². The molecule has 0 saturated heterocycles. The number of nitrogens with zero attached hydrogens (tertiary/aromatic N) is 3. The van der Waals surface area contributed by atoms with E-state index in [0.29, 0.717) is 5.56 Å². The van der Waals surface area contributed by atoms with Crippen LogP contribution in [0.2, 0.25) is 0 Å². The molecular formula is C14H16N4. The molecule has 1 aromatic heterocycles. The van der Waals surface area contributed by atoms with Gasteiger partial charge < -0.3 is 5.32 Å². The largest absolute Gasteiger partial charge is 0.382 e. The molecule has 0 fully saturated rings. The number of hydrogen-bond donors (Lipinski definition) is 1. The molecule has 1 N–H and O–H groups in total. The Morgan fingerprint density at radius 3 is 2.89 bits per heavy atom. The fraction of sp³-hybridized carbons (Fsp3) is 0.286. The molecule has 4 nitrogen and oxygen atoms in total. The topological polar surface area (TPSA) is 53.6 Å². The van der Waals surface area contributed by atoms with Gasteiger partial charge in [-0.3, -0.25) is 4.68 Å². The van der Waals surface area contributed by atoms with Gasteiger partial charge in [-0.1, -0.05) is 12.1 Å². The number of nitriles is 1. The summed E-state index contributed by atoms with van der Waals surface area (Å²) in [4.78, 5) is 0. The van der Waals surface area contributed by atoms with Crippen molar-refractivity contribution in [1.29, 1.82) is 5.26 Å². The molecule has 0 bridgehead atoms. The second kappa shape index (κ2) is 5.37. The molecule has 0 unspecified atom stereocenters. The minimum absolute atomic E-state index is 0.687. The van der Waals surface area contributed by atoms with Crippen molar-refractivity contribution in [3.63, 3.8) is 0 Å². The second-order valence-electron chi connectivity index (χ2n) is 4.32. The molecule has 2 aromatic rings. The molecule has 1 heterocycles. The summed E-state index contributed by atoms with van der Waals surface area (Å²) in [5.74, 6) is 0. The number of rotatable bonds is 4. The van der Waals surface area contributed by atoms with E-state index < -0.39 is 0 Å². The van der Waals surface area contributed by atoms with Crippen molar-refractivity contribution in [3.05, 3.63) is 47.3 Å². The van der Waals surface area contributed by atoms with Crippen LogP contribution in [0.4, 0.5) is 5.69 Å². The van der Waals surface area contributed by atoms with E-state index in [0.717, 1.165) is 29.9 Å². The molecule has 0 aliphatic heterocycles. The molecule has 92 valence electrons. The van der Waals surface area contributed by atoms with E-state index in [1.165, 1.54) is 0 Å². The van der Waals surface area contributed by atoms with E-state index in [1.54, 1.807) is 0 Å². The van der Waals surface area contributed by atoms with Gasteiger partial charge in [-0.25, -0.2) is 0 Å². The maximum Gasteiger partial charge on any atom is 0.101 e. The van der Waals surface area contributed by atoms with Gasteiger partial charge in [0.25, 0.3) is 0 Å². The Bertz CT molecular complexity index is 578. The molecule has 0 aliphatic rings. The highest BCUT2D eigenvalue weighted by atomic mass is 15.3. The third-order valence-electron chi connectivity index (χ3n) is 2.80. The fourth-order valence-corrected chi connectivity index (χ4v) is 1.88. The zero-order chi connectivity index (χ0) is 13.0. The lowest BCUT2D eigenvalue weighted by Gasteiger charge is -2.11. The highest BCUT2D eigenvalue weighted by Crippen LogP contribution is 2.19. The van der Waals surface area contributed by atoms with E-state index in [9.17, 15) is 0 Å². The number of aryl methyl sites for hydroxylation is 2. The van der Waals surface area contributed by atoms with Gasteiger partial charge in [-0.2, -0.15) is 10.4 Å². The zero-order valence-corrected chi connectivity index (χ0v) is 10.6. The zero-order valence-electron chi connectivity index (χ0n) is 10.6. The summed E-state index contributed by atoms with van der Waals surface area (Å²) in [5, 5.41) is 16.6. The Kier molecular flexibility index (Phi) is 3.63. The summed E-state index contributed by atoms with van der Waals surface area (Å²) in [5.41, 5.74) is 3.85. The first-order valence-electron chi connectivity index (χ1n) is 5.93. The minimum Gasteiger partial charge on any atom is -0.382 e. The summed E-state index contributed by atoms with van der Waals surface area (Å²) in [6.45, 7) is 5.56. The molecule has 1 aromatic carbocycles. The lowest BCUT2D eigenvalue weighted by atomic mass is 10.1. The number of benzene rings is 1. The average Bonchev–Trinajstić information content (AvgIpc) is 2.77. The van der Waals surface area contributed by atoms with E-state index in [1.807, 2.05) is 49.1 Å². The molecule has 0 spiro atoms. The maximum atomic E-state index is 9.06. The Morgan fingerprint density at radius 1 is 1.39 bits per heavy atom. The quantitative estimate of drug-likeness (QED) is 0.893. The van der Waals surface area contributed by atoms with E-state index in [2.05, 4.69) is 16.5 Å². The van der Waals surface area contributed by atoms with Gasteiger partial charge in [-0.05, 0) is 31.0 Å². The van der Waals surface area contributed by atoms with Gasteiger partial charge in [-0.15, -0.1) is 0 Å². The van der Waals surface area contributed by atoms with Crippen LogP contribution >= 0.6 is 0 Å². The Hall–Kier alpha value is -2.28. The van der Waals surface area contributed by atoms with Crippen LogP contribution in [0.1, 0.15) is 16.7 Å². The van der Waals surface area contributed by atoms with Crippen LogP contribution in [0, 0.1) is 25.2 Å². The lowest BCUT2D eigenvalue weighted by Crippen LogP contribution is -2.12. The van der Waals surface area contributed by atoms with E-state index in [-0.39, 0.29) is 0 Å². The van der Waals surface area contributed by atoms with Crippen molar-refractivity contribution >= 4 is 5.69 Å². The summed E-state index contributed by atoms with van der Waals surface area (Å²) in [6, 6.07) is 7.93. The fourth-order valence-electron chi connectivity index (χ4n) is 1.88. The molecule has 0 atom stereocenters. The van der Waals surface area contributed by atoms with Crippen LogP contribution in [0.3, 0.4) is 0 Å². The molecule has 18 heavy (non-hydrogen) atoms. The summed E-state index contributed by atoms with van der Waals surface area (Å²) < 4.78 is 1.90. The average molecular weight is 240 g/mol. The number of para-hydroxylation sites is 1.